The maximum absolute atomic E-state index is 13.3. The largest absolute Gasteiger partial charge is 0.490 e. The zero-order valence-electron chi connectivity index (χ0n) is 16.3. The summed E-state index contributed by atoms with van der Waals surface area (Å²) in [6.07, 6.45) is -2.94. The number of nitrogens with one attached hydrogen (secondary N) is 2. The number of anilines is 2. The van der Waals surface area contributed by atoms with E-state index in [1.807, 2.05) is 0 Å². The molecule has 2 aromatic rings. The molecule has 1 saturated heterocycles. The molecule has 166 valence electrons. The smallest absolute Gasteiger partial charge is 0.416 e. The number of benzene rings is 2. The fourth-order valence-corrected chi connectivity index (χ4v) is 5.22. The number of sulfonamides is 1. The van der Waals surface area contributed by atoms with Gasteiger partial charge in [-0.25, -0.2) is 8.42 Å². The van der Waals surface area contributed by atoms with Gasteiger partial charge in [0.1, 0.15) is 17.3 Å². The number of hydrogen-bond donors (Lipinski definition) is 2. The van der Waals surface area contributed by atoms with Crippen molar-refractivity contribution in [3.63, 3.8) is 0 Å². The fourth-order valence-electron chi connectivity index (χ4n) is 3.61. The van der Waals surface area contributed by atoms with E-state index in [-0.39, 0.29) is 41.4 Å². The zero-order chi connectivity index (χ0) is 22.2. The maximum Gasteiger partial charge on any atom is 0.416 e. The van der Waals surface area contributed by atoms with Crippen LogP contribution in [0.3, 0.4) is 0 Å². The molecule has 0 aromatic heterocycles. The molecule has 2 N–H and O–H groups in total. The number of amides is 1. The summed E-state index contributed by atoms with van der Waals surface area (Å²) in [5.41, 5.74) is -0.487. The van der Waals surface area contributed by atoms with Gasteiger partial charge in [0.05, 0.1) is 23.8 Å². The third-order valence-corrected chi connectivity index (χ3v) is 7.04. The first-order chi connectivity index (χ1) is 14.7. The summed E-state index contributed by atoms with van der Waals surface area (Å²) in [6.45, 7) is 0.688. The first-order valence-electron chi connectivity index (χ1n) is 9.67. The SMILES string of the molecule is O=C(Nc1ccc2c(c1)S(=O)(=O)N(c1ccc(C(F)(F)F)cc1)CCO2)C1CCCN1. The standard InChI is InChI=1S/C20H20F3N3O4S/c21-20(22,23)13-3-6-15(7-4-13)26-10-11-30-17-8-5-14(12-18(17)31(26,28)29)25-19(27)16-2-1-9-24-16/h3-8,12,16,24H,1-2,9-11H2,(H,25,27). The van der Waals surface area contributed by atoms with E-state index in [0.717, 1.165) is 41.5 Å². The van der Waals surface area contributed by atoms with E-state index >= 15 is 0 Å². The summed E-state index contributed by atoms with van der Waals surface area (Å²) < 4.78 is 71.7. The van der Waals surface area contributed by atoms with Gasteiger partial charge in [0, 0.05) is 5.69 Å². The van der Waals surface area contributed by atoms with Gasteiger partial charge in [-0.2, -0.15) is 13.2 Å². The normalized spacial score (nSPS) is 20.5. The van der Waals surface area contributed by atoms with Crippen molar-refractivity contribution in [2.24, 2.45) is 0 Å². The van der Waals surface area contributed by atoms with Crippen molar-refractivity contribution < 1.29 is 31.1 Å². The second-order valence-corrected chi connectivity index (χ2v) is 9.10. The minimum absolute atomic E-state index is 0.0188. The van der Waals surface area contributed by atoms with Crippen molar-refractivity contribution in [1.82, 2.24) is 5.32 Å². The predicted molar refractivity (Wildman–Crippen MR) is 108 cm³/mol. The topological polar surface area (TPSA) is 87.7 Å². The number of rotatable bonds is 3. The van der Waals surface area contributed by atoms with Gasteiger partial charge in [-0.1, -0.05) is 0 Å². The predicted octanol–water partition coefficient (Wildman–Crippen LogP) is 2.98. The second-order valence-electron chi connectivity index (χ2n) is 7.27. The van der Waals surface area contributed by atoms with Gasteiger partial charge >= 0.3 is 6.18 Å². The molecular formula is C20H20F3N3O4S. The Hall–Kier alpha value is -2.79. The lowest BCUT2D eigenvalue weighted by molar-refractivity contribution is -0.137. The first-order valence-corrected chi connectivity index (χ1v) is 11.1. The van der Waals surface area contributed by atoms with Crippen LogP contribution in [0.15, 0.2) is 47.4 Å². The average molecular weight is 455 g/mol. The molecular weight excluding hydrogens is 435 g/mol. The van der Waals surface area contributed by atoms with E-state index < -0.39 is 21.8 Å². The number of fused-ring (bicyclic) bond motifs is 1. The van der Waals surface area contributed by atoms with E-state index in [9.17, 15) is 26.4 Å². The molecule has 1 amide bonds. The number of carbonyl (C=O) groups is 1. The molecule has 0 spiro atoms. The van der Waals surface area contributed by atoms with Gasteiger partial charge in [0.25, 0.3) is 10.0 Å². The van der Waals surface area contributed by atoms with Crippen LogP contribution in [-0.2, 0) is 21.0 Å². The van der Waals surface area contributed by atoms with Crippen LogP contribution in [0.5, 0.6) is 5.75 Å². The third-order valence-electron chi connectivity index (χ3n) is 5.19. The van der Waals surface area contributed by atoms with Crippen molar-refractivity contribution >= 4 is 27.3 Å². The Labute approximate surface area is 177 Å². The molecule has 2 aliphatic rings. The highest BCUT2D eigenvalue weighted by Gasteiger charge is 2.34. The number of carbonyl (C=O) groups excluding carboxylic acids is 1. The molecule has 0 saturated carbocycles. The monoisotopic (exact) mass is 455 g/mol. The van der Waals surface area contributed by atoms with E-state index in [2.05, 4.69) is 10.6 Å². The zero-order valence-corrected chi connectivity index (χ0v) is 17.1. The van der Waals surface area contributed by atoms with E-state index in [1.54, 1.807) is 6.07 Å². The molecule has 0 radical (unpaired) electrons. The average Bonchev–Trinajstić information content (AvgIpc) is 3.22. The summed E-state index contributed by atoms with van der Waals surface area (Å²) >= 11 is 0. The molecule has 0 bridgehead atoms. The highest BCUT2D eigenvalue weighted by atomic mass is 32.2. The van der Waals surface area contributed by atoms with Crippen LogP contribution in [0.4, 0.5) is 24.5 Å². The molecule has 0 aliphatic carbocycles. The maximum atomic E-state index is 13.3. The Kier molecular flexibility index (Phi) is 5.56. The molecule has 11 heteroatoms. The minimum Gasteiger partial charge on any atom is -0.490 e. The van der Waals surface area contributed by atoms with Crippen molar-refractivity contribution in [3.8, 4) is 5.75 Å². The lowest BCUT2D eigenvalue weighted by atomic mass is 10.2. The number of ether oxygens (including phenoxy) is 1. The Morgan fingerprint density at radius 1 is 1.16 bits per heavy atom. The highest BCUT2D eigenvalue weighted by Crippen LogP contribution is 2.36. The van der Waals surface area contributed by atoms with Crippen molar-refractivity contribution in [2.75, 3.05) is 29.3 Å². The molecule has 31 heavy (non-hydrogen) atoms. The molecule has 1 unspecified atom stereocenters. The lowest BCUT2D eigenvalue weighted by Crippen LogP contribution is -2.35. The van der Waals surface area contributed by atoms with E-state index in [0.29, 0.717) is 12.1 Å². The summed E-state index contributed by atoms with van der Waals surface area (Å²) in [5.74, 6) is -0.143. The van der Waals surface area contributed by atoms with Crippen LogP contribution in [0.25, 0.3) is 0 Å². The van der Waals surface area contributed by atoms with Crippen LogP contribution in [0.1, 0.15) is 18.4 Å². The Morgan fingerprint density at radius 3 is 2.55 bits per heavy atom. The molecule has 2 aromatic carbocycles. The third kappa shape index (κ3) is 4.33. The van der Waals surface area contributed by atoms with Crippen LogP contribution >= 0.6 is 0 Å². The summed E-state index contributed by atoms with van der Waals surface area (Å²) in [6, 6.07) is 7.88. The van der Waals surface area contributed by atoms with Crippen LogP contribution in [0, 0.1) is 0 Å². The van der Waals surface area contributed by atoms with Gasteiger partial charge in [-0.05, 0) is 61.9 Å². The van der Waals surface area contributed by atoms with Crippen molar-refractivity contribution in [1.29, 1.82) is 0 Å². The molecule has 7 nitrogen and oxygen atoms in total. The highest BCUT2D eigenvalue weighted by molar-refractivity contribution is 7.93. The van der Waals surface area contributed by atoms with E-state index in [1.165, 1.54) is 12.1 Å². The number of nitrogens with zero attached hydrogens (tertiary/aromatic N) is 1. The summed E-state index contributed by atoms with van der Waals surface area (Å²) in [5, 5.41) is 5.77. The molecule has 2 aliphatic heterocycles. The van der Waals surface area contributed by atoms with Crippen LogP contribution in [-0.4, -0.2) is 40.1 Å². The molecule has 2 heterocycles. The number of hydrogen-bond acceptors (Lipinski definition) is 5. The van der Waals surface area contributed by atoms with Gasteiger partial charge in [-0.3, -0.25) is 9.10 Å². The van der Waals surface area contributed by atoms with E-state index in [4.69, 9.17) is 4.74 Å². The summed E-state index contributed by atoms with van der Waals surface area (Å²) in [4.78, 5) is 12.2. The van der Waals surface area contributed by atoms with Gasteiger partial charge < -0.3 is 15.4 Å². The van der Waals surface area contributed by atoms with Crippen LogP contribution in [0.2, 0.25) is 0 Å². The molecule has 1 fully saturated rings. The number of halogens is 3. The first kappa shape index (κ1) is 21.4. The quantitative estimate of drug-likeness (QED) is 0.743. The van der Waals surface area contributed by atoms with Crippen LogP contribution < -0.4 is 19.7 Å². The van der Waals surface area contributed by atoms with Crippen molar-refractivity contribution in [2.45, 2.75) is 30.0 Å². The van der Waals surface area contributed by atoms with Gasteiger partial charge in [0.2, 0.25) is 5.91 Å². The molecule has 4 rings (SSSR count). The Balaban J connectivity index is 1.64. The van der Waals surface area contributed by atoms with Gasteiger partial charge in [0.15, 0.2) is 0 Å². The van der Waals surface area contributed by atoms with Crippen molar-refractivity contribution in [3.05, 3.63) is 48.0 Å². The Bertz CT molecular complexity index is 1080. The minimum atomic E-state index is -4.52. The number of alkyl halides is 3. The van der Waals surface area contributed by atoms with Gasteiger partial charge in [-0.15, -0.1) is 0 Å². The molecule has 1 atom stereocenters. The fraction of sp³-hybridized carbons (Fsp3) is 0.350. The lowest BCUT2D eigenvalue weighted by Gasteiger charge is -2.22. The Morgan fingerprint density at radius 2 is 1.90 bits per heavy atom. The second kappa shape index (κ2) is 8.04. The summed E-state index contributed by atoms with van der Waals surface area (Å²) in [7, 11) is -4.14.